The van der Waals surface area contributed by atoms with Crippen LogP contribution in [-0.2, 0) is 9.47 Å². The van der Waals surface area contributed by atoms with Crippen molar-refractivity contribution >= 4 is 44.8 Å². The van der Waals surface area contributed by atoms with E-state index >= 15 is 0 Å². The highest BCUT2D eigenvalue weighted by Gasteiger charge is 2.44. The van der Waals surface area contributed by atoms with Crippen molar-refractivity contribution in [3.05, 3.63) is 83.6 Å². The van der Waals surface area contributed by atoms with Gasteiger partial charge in [0, 0.05) is 30.2 Å². The second-order valence-electron chi connectivity index (χ2n) is 9.92. The molecule has 226 valence electrons. The van der Waals surface area contributed by atoms with Gasteiger partial charge in [0.05, 0.1) is 39.0 Å². The number of rotatable bonds is 10. The molecule has 2 amide bonds. The molecule has 3 heterocycles. The van der Waals surface area contributed by atoms with E-state index < -0.39 is 18.4 Å². The molecule has 5 rings (SSSR count). The fourth-order valence-electron chi connectivity index (χ4n) is 4.98. The highest BCUT2D eigenvalue weighted by Crippen LogP contribution is 2.36. The molecule has 2 aliphatic rings. The molecule has 0 radical (unpaired) electrons. The summed E-state index contributed by atoms with van der Waals surface area (Å²) in [5.41, 5.74) is 9.92. The smallest absolute Gasteiger partial charge is 0.412 e. The van der Waals surface area contributed by atoms with E-state index in [0.717, 1.165) is 21.7 Å². The largest absolute Gasteiger partial charge is 0.493 e. The minimum absolute atomic E-state index is 0.229. The average molecular weight is 623 g/mol. The molecule has 1 saturated heterocycles. The van der Waals surface area contributed by atoms with Gasteiger partial charge < -0.3 is 29.6 Å². The predicted molar refractivity (Wildman–Crippen MR) is 168 cm³/mol. The second-order valence-corrected chi connectivity index (χ2v) is 12.4. The van der Waals surface area contributed by atoms with Gasteiger partial charge in [0.1, 0.15) is 11.6 Å². The molecule has 1 aromatic heterocycles. The van der Waals surface area contributed by atoms with Crippen LogP contribution in [-0.4, -0.2) is 85.3 Å². The Bertz CT molecular complexity index is 1470. The maximum atomic E-state index is 14.1. The van der Waals surface area contributed by atoms with Gasteiger partial charge in [-0.05, 0) is 47.1 Å². The number of ether oxygens (including phenoxy) is 4. The van der Waals surface area contributed by atoms with Crippen LogP contribution in [0.15, 0.2) is 71.9 Å². The number of nitrogens with zero attached hydrogens (tertiary/aromatic N) is 3. The number of benzene rings is 2. The Labute approximate surface area is 258 Å². The lowest BCUT2D eigenvalue weighted by molar-refractivity contribution is -0.0114. The van der Waals surface area contributed by atoms with Crippen molar-refractivity contribution in [2.45, 2.75) is 24.2 Å². The van der Waals surface area contributed by atoms with Gasteiger partial charge in [0.15, 0.2) is 17.7 Å². The second kappa shape index (κ2) is 14.1. The number of carbonyl (C=O) groups excluding carboxylic acids is 2. The number of methoxy groups -OCH3 is 2. The third-order valence-corrected chi connectivity index (χ3v) is 9.40. The van der Waals surface area contributed by atoms with E-state index in [1.165, 1.54) is 25.0 Å². The number of nitrogen functional groups attached to an aromatic ring is 1. The summed E-state index contributed by atoms with van der Waals surface area (Å²) in [4.78, 5) is 34.8. The average Bonchev–Trinajstić information content (AvgIpc) is 3.69. The number of amides is 2. The molecule has 0 aliphatic carbocycles. The summed E-state index contributed by atoms with van der Waals surface area (Å²) in [7, 11) is 6.10. The van der Waals surface area contributed by atoms with Gasteiger partial charge in [-0.15, -0.1) is 0 Å². The van der Waals surface area contributed by atoms with Crippen molar-refractivity contribution in [1.82, 2.24) is 14.8 Å². The van der Waals surface area contributed by atoms with E-state index in [2.05, 4.69) is 4.98 Å². The molecule has 0 saturated carbocycles. The summed E-state index contributed by atoms with van der Waals surface area (Å²) in [5.74, 6) is 1.10. The highest BCUT2D eigenvalue weighted by molar-refractivity contribution is 8.76. The van der Waals surface area contributed by atoms with E-state index in [0.29, 0.717) is 36.9 Å². The number of aromatic nitrogens is 1. The van der Waals surface area contributed by atoms with Gasteiger partial charge in [-0.25, -0.2) is 9.78 Å². The van der Waals surface area contributed by atoms with Gasteiger partial charge in [0.2, 0.25) is 0 Å². The number of nitrogens with two attached hydrogens (primary N) is 1. The zero-order valence-corrected chi connectivity index (χ0v) is 25.9. The van der Waals surface area contributed by atoms with E-state index in [1.807, 2.05) is 55.5 Å². The van der Waals surface area contributed by atoms with Gasteiger partial charge in [-0.3, -0.25) is 9.69 Å². The molecule has 2 aromatic carbocycles. The van der Waals surface area contributed by atoms with Gasteiger partial charge in [-0.1, -0.05) is 52.8 Å². The van der Waals surface area contributed by atoms with Crippen LogP contribution in [0.25, 0.3) is 5.57 Å². The van der Waals surface area contributed by atoms with Crippen molar-refractivity contribution in [3.8, 4) is 11.5 Å². The van der Waals surface area contributed by atoms with Gasteiger partial charge in [0.25, 0.3) is 5.91 Å². The summed E-state index contributed by atoms with van der Waals surface area (Å²) in [6, 6.07) is 16.4. The molecular formula is C31H34N4O6S2. The Morgan fingerprint density at radius 1 is 1.07 bits per heavy atom. The van der Waals surface area contributed by atoms with E-state index in [9.17, 15) is 9.59 Å². The lowest BCUT2D eigenvalue weighted by Gasteiger charge is -2.33. The van der Waals surface area contributed by atoms with Crippen LogP contribution in [0.4, 0.5) is 10.5 Å². The number of aryl methyl sites for hydroxylation is 1. The molecule has 2 aliphatic heterocycles. The first-order valence-electron chi connectivity index (χ1n) is 13.7. The summed E-state index contributed by atoms with van der Waals surface area (Å²) in [5, 5.41) is 0.893. The Kier molecular flexibility index (Phi) is 10.0. The normalized spacial score (nSPS) is 18.0. The molecule has 0 spiro atoms. The minimum atomic E-state index is -0.726. The molecule has 3 aromatic rings. The van der Waals surface area contributed by atoms with Crippen LogP contribution in [0.3, 0.4) is 0 Å². The summed E-state index contributed by atoms with van der Waals surface area (Å²) >= 11 is 0. The minimum Gasteiger partial charge on any atom is -0.493 e. The number of hydrogen-bond acceptors (Lipinski definition) is 10. The molecule has 10 nitrogen and oxygen atoms in total. The summed E-state index contributed by atoms with van der Waals surface area (Å²) in [6.45, 7) is 3.24. The van der Waals surface area contributed by atoms with E-state index in [4.69, 9.17) is 24.7 Å². The number of anilines is 1. The third-order valence-electron chi connectivity index (χ3n) is 7.17. The highest BCUT2D eigenvalue weighted by atomic mass is 33.1. The Hall–Kier alpha value is -3.87. The topological polar surface area (TPSA) is 116 Å². The van der Waals surface area contributed by atoms with Crippen molar-refractivity contribution in [2.75, 3.05) is 52.0 Å². The van der Waals surface area contributed by atoms with Crippen LogP contribution in [0.5, 0.6) is 11.5 Å². The van der Waals surface area contributed by atoms with Crippen molar-refractivity contribution in [1.29, 1.82) is 0 Å². The number of pyridine rings is 1. The van der Waals surface area contributed by atoms with E-state index in [1.54, 1.807) is 38.9 Å². The monoisotopic (exact) mass is 622 g/mol. The third kappa shape index (κ3) is 7.03. The van der Waals surface area contributed by atoms with Crippen LogP contribution in [0.1, 0.15) is 21.5 Å². The maximum Gasteiger partial charge on any atom is 0.412 e. The molecule has 1 unspecified atom stereocenters. The van der Waals surface area contributed by atoms with Crippen molar-refractivity contribution < 1.29 is 28.5 Å². The van der Waals surface area contributed by atoms with Crippen LogP contribution in [0.2, 0.25) is 0 Å². The molecule has 1 fully saturated rings. The molecule has 12 heteroatoms. The van der Waals surface area contributed by atoms with Gasteiger partial charge >= 0.3 is 6.09 Å². The standard InChI is InChI=1S/C31H34N4O6S2/c1-20-7-9-21(10-8-20)22-16-25(35(19-22)29(36)23-17-26(38-2)27(39-3)18-24(23)32)30-34(12-13-40-30)31(37)41-14-15-42-43-28-6-4-5-11-33-28/h4-11,16-18,25,30H,12-15,19,32H2,1-3H3/t25-,30?/m0/s1. The van der Waals surface area contributed by atoms with E-state index in [-0.39, 0.29) is 23.8 Å². The first-order valence-corrected chi connectivity index (χ1v) is 16.1. The zero-order chi connectivity index (χ0) is 30.3. The number of carbonyl (C=O) groups is 2. The quantitative estimate of drug-likeness (QED) is 0.185. The van der Waals surface area contributed by atoms with Gasteiger partial charge in [-0.2, -0.15) is 0 Å². The maximum absolute atomic E-state index is 14.1. The Balaban J connectivity index is 1.34. The molecule has 0 bridgehead atoms. The van der Waals surface area contributed by atoms with Crippen LogP contribution >= 0.6 is 21.6 Å². The molecule has 2 N–H and O–H groups in total. The van der Waals surface area contributed by atoms with Crippen LogP contribution < -0.4 is 15.2 Å². The lowest BCUT2D eigenvalue weighted by Crippen LogP contribution is -2.51. The molecular weight excluding hydrogens is 588 g/mol. The fourth-order valence-corrected chi connectivity index (χ4v) is 6.69. The van der Waals surface area contributed by atoms with Crippen LogP contribution in [0, 0.1) is 6.92 Å². The van der Waals surface area contributed by atoms with Crippen molar-refractivity contribution in [2.24, 2.45) is 0 Å². The summed E-state index contributed by atoms with van der Waals surface area (Å²) < 4.78 is 22.5. The predicted octanol–water partition coefficient (Wildman–Crippen LogP) is 5.13. The first-order chi connectivity index (χ1) is 20.9. The summed E-state index contributed by atoms with van der Waals surface area (Å²) in [6.07, 6.45) is 2.53. The van der Waals surface area contributed by atoms with Crippen molar-refractivity contribution in [3.63, 3.8) is 0 Å². The zero-order valence-electron chi connectivity index (χ0n) is 24.2. The lowest BCUT2D eigenvalue weighted by atomic mass is 10.0. The molecule has 43 heavy (non-hydrogen) atoms. The molecule has 2 atom stereocenters. The Morgan fingerprint density at radius 2 is 1.84 bits per heavy atom. The first kappa shape index (κ1) is 30.6. The number of hydrogen-bond donors (Lipinski definition) is 1. The Morgan fingerprint density at radius 3 is 2.56 bits per heavy atom. The SMILES string of the molecule is COc1cc(N)c(C(=O)N2CC(c3ccc(C)cc3)=C[C@H]2C2OCCN2C(=O)OCCSSc2ccccn2)cc1OC. The fraction of sp³-hybridized carbons (Fsp3) is 0.323.